The summed E-state index contributed by atoms with van der Waals surface area (Å²) in [5.74, 6) is -1.62. The Hall–Kier alpha value is -0.770. The van der Waals surface area contributed by atoms with Crippen molar-refractivity contribution in [2.24, 2.45) is 0 Å². The molecule has 19 heavy (non-hydrogen) atoms. The van der Waals surface area contributed by atoms with Crippen LogP contribution in [0.5, 0.6) is 5.75 Å². The van der Waals surface area contributed by atoms with Crippen LogP contribution in [0.3, 0.4) is 0 Å². The number of aromatic nitrogens is 1. The molecule has 0 amide bonds. The normalized spacial score (nSPS) is 11.3. The van der Waals surface area contributed by atoms with Gasteiger partial charge in [-0.25, -0.2) is 4.79 Å². The summed E-state index contributed by atoms with van der Waals surface area (Å²) in [7, 11) is 0. The number of rotatable bonds is 4. The van der Waals surface area contributed by atoms with Gasteiger partial charge in [-0.2, -0.15) is 0 Å². The summed E-state index contributed by atoms with van der Waals surface area (Å²) in [5.41, 5.74) is -0.202. The number of pyridine rings is 1. The lowest BCUT2D eigenvalue weighted by Crippen LogP contribution is -2.20. The van der Waals surface area contributed by atoms with Gasteiger partial charge in [0.2, 0.25) is 0 Å². The van der Waals surface area contributed by atoms with E-state index in [9.17, 15) is 18.0 Å². The van der Waals surface area contributed by atoms with E-state index >= 15 is 0 Å². The number of nitrogens with zero attached hydrogens (tertiary/aromatic N) is 1. The summed E-state index contributed by atoms with van der Waals surface area (Å²) in [4.78, 5) is 15.2. The lowest BCUT2D eigenvalue weighted by atomic mass is 10.2. The van der Waals surface area contributed by atoms with Gasteiger partial charge in [-0.3, -0.25) is 4.98 Å². The Morgan fingerprint density at radius 2 is 2.16 bits per heavy atom. The van der Waals surface area contributed by atoms with Crippen molar-refractivity contribution in [3.63, 3.8) is 0 Å². The minimum absolute atomic E-state index is 0.0426. The highest BCUT2D eigenvalue weighted by molar-refractivity contribution is 14.1. The summed E-state index contributed by atoms with van der Waals surface area (Å²) in [6.45, 7) is 1.68. The van der Waals surface area contributed by atoms with Gasteiger partial charge in [-0.15, -0.1) is 24.8 Å². The van der Waals surface area contributed by atoms with Crippen molar-refractivity contribution >= 4 is 40.2 Å². The predicted octanol–water partition coefficient (Wildman–Crippen LogP) is 3.50. The van der Waals surface area contributed by atoms with Crippen molar-refractivity contribution in [1.29, 1.82) is 0 Å². The maximum atomic E-state index is 12.3. The first-order valence-electron chi connectivity index (χ1n) is 4.96. The van der Waals surface area contributed by atoms with Gasteiger partial charge < -0.3 is 9.47 Å². The maximum absolute atomic E-state index is 12.3. The predicted molar refractivity (Wildman–Crippen MR) is 69.2 cm³/mol. The monoisotopic (exact) mass is 409 g/mol. The second-order valence-corrected chi connectivity index (χ2v) is 4.51. The van der Waals surface area contributed by atoms with E-state index in [0.29, 0.717) is 0 Å². The Balaban J connectivity index is 3.25. The van der Waals surface area contributed by atoms with Crippen molar-refractivity contribution in [3.05, 3.63) is 21.0 Å². The van der Waals surface area contributed by atoms with Gasteiger partial charge in [0.15, 0.2) is 5.75 Å². The van der Waals surface area contributed by atoms with Gasteiger partial charge in [0.05, 0.1) is 27.3 Å². The zero-order valence-electron chi connectivity index (χ0n) is 9.55. The van der Waals surface area contributed by atoms with E-state index in [1.54, 1.807) is 29.5 Å². The fraction of sp³-hybridized carbons (Fsp3) is 0.400. The topological polar surface area (TPSA) is 48.4 Å². The Morgan fingerprint density at radius 1 is 1.53 bits per heavy atom. The van der Waals surface area contributed by atoms with Crippen LogP contribution in [-0.2, 0) is 10.6 Å². The molecular weight excluding hydrogens is 401 g/mol. The van der Waals surface area contributed by atoms with Crippen molar-refractivity contribution in [3.8, 4) is 5.75 Å². The first kappa shape index (κ1) is 16.3. The smallest absolute Gasteiger partial charge is 0.462 e. The molecule has 0 atom stereocenters. The lowest BCUT2D eigenvalue weighted by molar-refractivity contribution is -0.275. The van der Waals surface area contributed by atoms with Crippen LogP contribution in [-0.4, -0.2) is 23.9 Å². The molecule has 0 unspecified atom stereocenters. The summed E-state index contributed by atoms with van der Waals surface area (Å²) in [5, 5.41) is 0. The fourth-order valence-electron chi connectivity index (χ4n) is 1.17. The molecule has 0 aliphatic heterocycles. The standard InChI is InChI=1S/C10H8ClF3INO3/c1-2-18-9(17)5-4-16-6(3-11)8(7(5)15)19-10(12,13)14/h4H,2-3H2,1H3. The average Bonchev–Trinajstić information content (AvgIpc) is 2.30. The highest BCUT2D eigenvalue weighted by Crippen LogP contribution is 2.33. The molecule has 1 rings (SSSR count). The molecule has 9 heteroatoms. The Kier molecular flexibility index (Phi) is 5.65. The molecule has 0 saturated heterocycles. The number of carbonyl (C=O) groups is 1. The summed E-state index contributed by atoms with van der Waals surface area (Å²) in [6, 6.07) is 0. The molecule has 0 N–H and O–H groups in total. The molecule has 4 nitrogen and oxygen atoms in total. The summed E-state index contributed by atoms with van der Waals surface area (Å²) < 4.78 is 45.5. The Bertz CT molecular complexity index is 482. The highest BCUT2D eigenvalue weighted by atomic mass is 127. The number of esters is 1. The highest BCUT2D eigenvalue weighted by Gasteiger charge is 2.34. The van der Waals surface area contributed by atoms with Crippen LogP contribution in [0, 0.1) is 3.57 Å². The first-order valence-corrected chi connectivity index (χ1v) is 6.57. The molecule has 0 spiro atoms. The summed E-state index contributed by atoms with van der Waals surface area (Å²) >= 11 is 7.06. The van der Waals surface area contributed by atoms with Crippen molar-refractivity contribution in [2.75, 3.05) is 6.61 Å². The number of hydrogen-bond donors (Lipinski definition) is 0. The molecule has 0 saturated carbocycles. The average molecular weight is 410 g/mol. The van der Waals surface area contributed by atoms with Gasteiger partial charge in [0.1, 0.15) is 0 Å². The van der Waals surface area contributed by atoms with E-state index < -0.39 is 18.1 Å². The zero-order chi connectivity index (χ0) is 14.6. The number of halogens is 5. The van der Waals surface area contributed by atoms with Crippen LogP contribution < -0.4 is 4.74 Å². The van der Waals surface area contributed by atoms with Gasteiger partial charge in [-0.05, 0) is 29.5 Å². The lowest BCUT2D eigenvalue weighted by Gasteiger charge is -2.15. The van der Waals surface area contributed by atoms with Crippen LogP contribution in [0.1, 0.15) is 23.0 Å². The molecule has 1 aromatic heterocycles. The van der Waals surface area contributed by atoms with Gasteiger partial charge in [-0.1, -0.05) is 0 Å². The largest absolute Gasteiger partial charge is 0.573 e. The molecule has 0 aliphatic carbocycles. The third-order valence-electron chi connectivity index (χ3n) is 1.89. The third kappa shape index (κ3) is 4.37. The zero-order valence-corrected chi connectivity index (χ0v) is 12.5. The van der Waals surface area contributed by atoms with Crippen LogP contribution in [0.15, 0.2) is 6.20 Å². The van der Waals surface area contributed by atoms with E-state index in [2.05, 4.69) is 9.72 Å². The van der Waals surface area contributed by atoms with Crippen molar-refractivity contribution in [1.82, 2.24) is 4.98 Å². The molecule has 0 aromatic carbocycles. The minimum Gasteiger partial charge on any atom is -0.462 e. The van der Waals surface area contributed by atoms with E-state index in [1.807, 2.05) is 0 Å². The third-order valence-corrected chi connectivity index (χ3v) is 3.21. The van der Waals surface area contributed by atoms with E-state index in [-0.39, 0.29) is 27.3 Å². The molecule has 1 heterocycles. The van der Waals surface area contributed by atoms with Crippen LogP contribution in [0.2, 0.25) is 0 Å². The minimum atomic E-state index is -4.89. The Labute approximate surface area is 125 Å². The van der Waals surface area contributed by atoms with Gasteiger partial charge in [0, 0.05) is 6.20 Å². The van der Waals surface area contributed by atoms with Crippen LogP contribution in [0.25, 0.3) is 0 Å². The molecule has 0 fully saturated rings. The maximum Gasteiger partial charge on any atom is 0.573 e. The number of ether oxygens (including phenoxy) is 2. The van der Waals surface area contributed by atoms with Crippen LogP contribution >= 0.6 is 34.2 Å². The van der Waals surface area contributed by atoms with Crippen molar-refractivity contribution < 1.29 is 27.4 Å². The SMILES string of the molecule is CCOC(=O)c1cnc(CCl)c(OC(F)(F)F)c1I. The molecule has 0 aliphatic rings. The van der Waals surface area contributed by atoms with Crippen molar-refractivity contribution in [2.45, 2.75) is 19.2 Å². The second-order valence-electron chi connectivity index (χ2n) is 3.16. The van der Waals surface area contributed by atoms with E-state index in [1.165, 1.54) is 0 Å². The number of alkyl halides is 4. The van der Waals surface area contributed by atoms with Gasteiger partial charge >= 0.3 is 12.3 Å². The number of carbonyl (C=O) groups excluding carboxylic acids is 1. The van der Waals surface area contributed by atoms with Gasteiger partial charge in [0.25, 0.3) is 0 Å². The first-order chi connectivity index (χ1) is 8.80. The van der Waals surface area contributed by atoms with E-state index in [4.69, 9.17) is 16.3 Å². The van der Waals surface area contributed by atoms with E-state index in [0.717, 1.165) is 6.20 Å². The number of hydrogen-bond acceptors (Lipinski definition) is 4. The molecular formula is C10H8ClF3INO3. The van der Waals surface area contributed by atoms with Crippen LogP contribution in [0.4, 0.5) is 13.2 Å². The molecule has 106 valence electrons. The molecule has 1 aromatic rings. The molecule has 0 bridgehead atoms. The molecule has 0 radical (unpaired) electrons. The summed E-state index contributed by atoms with van der Waals surface area (Å²) in [6.07, 6.45) is -3.78. The second kappa shape index (κ2) is 6.60. The fourth-order valence-corrected chi connectivity index (χ4v) is 2.14. The quantitative estimate of drug-likeness (QED) is 0.434. The Morgan fingerprint density at radius 3 is 2.63 bits per heavy atom.